The second-order valence-corrected chi connectivity index (χ2v) is 6.37. The molecular weight excluding hydrogens is 188 g/mol. The van der Waals surface area contributed by atoms with E-state index < -0.39 is 0 Å². The topological polar surface area (TPSA) is 26.3 Å². The minimum Gasteiger partial charge on any atom is -0.465 e. The summed E-state index contributed by atoms with van der Waals surface area (Å²) in [5.74, 6) is 3.02. The van der Waals surface area contributed by atoms with Crippen molar-refractivity contribution in [3.8, 4) is 0 Å². The van der Waals surface area contributed by atoms with Gasteiger partial charge in [0, 0.05) is 0 Å². The van der Waals surface area contributed by atoms with E-state index in [1.807, 2.05) is 0 Å². The molecule has 1 heterocycles. The molecule has 5 rings (SSSR count). The van der Waals surface area contributed by atoms with Crippen LogP contribution >= 0.6 is 0 Å². The first-order valence-corrected chi connectivity index (χ1v) is 6.43. The second-order valence-electron chi connectivity index (χ2n) is 6.37. The fourth-order valence-electron chi connectivity index (χ4n) is 5.46. The molecule has 5 fully saturated rings. The van der Waals surface area contributed by atoms with Gasteiger partial charge in [-0.15, -0.1) is 0 Å². The highest BCUT2D eigenvalue weighted by molar-refractivity contribution is 5.75. The summed E-state index contributed by atoms with van der Waals surface area (Å²) in [4.78, 5) is 11.9. The van der Waals surface area contributed by atoms with Gasteiger partial charge in [-0.1, -0.05) is 0 Å². The number of hydrogen-bond acceptors (Lipinski definition) is 2. The molecule has 0 aromatic carbocycles. The summed E-state index contributed by atoms with van der Waals surface area (Å²) in [6, 6.07) is 0. The highest BCUT2D eigenvalue weighted by Gasteiger charge is 2.60. The van der Waals surface area contributed by atoms with Crippen LogP contribution in [0.4, 0.5) is 0 Å². The van der Waals surface area contributed by atoms with Crippen molar-refractivity contribution in [2.75, 3.05) is 6.61 Å². The van der Waals surface area contributed by atoms with Crippen molar-refractivity contribution in [3.63, 3.8) is 0 Å². The fourth-order valence-corrected chi connectivity index (χ4v) is 5.46. The van der Waals surface area contributed by atoms with E-state index in [0.717, 1.165) is 18.3 Å². The van der Waals surface area contributed by atoms with Crippen LogP contribution < -0.4 is 0 Å². The van der Waals surface area contributed by atoms with Crippen molar-refractivity contribution in [3.05, 3.63) is 0 Å². The maximum absolute atomic E-state index is 11.9. The van der Waals surface area contributed by atoms with E-state index in [-0.39, 0.29) is 5.97 Å². The van der Waals surface area contributed by atoms with Crippen LogP contribution in [0.25, 0.3) is 0 Å². The van der Waals surface area contributed by atoms with E-state index in [4.69, 9.17) is 4.74 Å². The minimum atomic E-state index is 0.144. The maximum atomic E-state index is 11.9. The van der Waals surface area contributed by atoms with Gasteiger partial charge >= 0.3 is 5.97 Å². The standard InChI is InChI=1S/C13H18O2/c14-12-11-10-4-8-3-9(5-10)7-13(11,6-8)1-2-15-12/h8-11H,1-7H2. The zero-order valence-electron chi connectivity index (χ0n) is 9.08. The first-order valence-electron chi connectivity index (χ1n) is 6.43. The van der Waals surface area contributed by atoms with Crippen molar-refractivity contribution < 1.29 is 9.53 Å². The Bertz CT molecular complexity index is 308. The van der Waals surface area contributed by atoms with Crippen LogP contribution in [-0.4, -0.2) is 12.6 Å². The molecule has 0 N–H and O–H groups in total. The van der Waals surface area contributed by atoms with Gasteiger partial charge in [0.2, 0.25) is 0 Å². The second kappa shape index (κ2) is 2.58. The van der Waals surface area contributed by atoms with Gasteiger partial charge in [0.1, 0.15) is 0 Å². The van der Waals surface area contributed by atoms with Crippen LogP contribution in [0.1, 0.15) is 38.5 Å². The van der Waals surface area contributed by atoms with Crippen LogP contribution in [0, 0.1) is 29.1 Å². The van der Waals surface area contributed by atoms with E-state index >= 15 is 0 Å². The predicted molar refractivity (Wildman–Crippen MR) is 55.1 cm³/mol. The SMILES string of the molecule is O=C1OCCC23CC4CC(CC(C4)C12)C3. The van der Waals surface area contributed by atoms with Crippen molar-refractivity contribution in [1.82, 2.24) is 0 Å². The Balaban J connectivity index is 1.79. The lowest BCUT2D eigenvalue weighted by molar-refractivity contribution is -0.194. The van der Waals surface area contributed by atoms with Crippen LogP contribution in [0.15, 0.2) is 0 Å². The summed E-state index contributed by atoms with van der Waals surface area (Å²) >= 11 is 0. The number of hydrogen-bond donors (Lipinski definition) is 0. The van der Waals surface area contributed by atoms with E-state index in [2.05, 4.69) is 0 Å². The van der Waals surface area contributed by atoms with E-state index in [0.29, 0.717) is 23.9 Å². The van der Waals surface area contributed by atoms with Gasteiger partial charge in [0.05, 0.1) is 12.5 Å². The average Bonchev–Trinajstić information content (AvgIpc) is 2.14. The van der Waals surface area contributed by atoms with Gasteiger partial charge in [-0.3, -0.25) is 4.79 Å². The minimum absolute atomic E-state index is 0.144. The van der Waals surface area contributed by atoms with E-state index in [9.17, 15) is 4.79 Å². The van der Waals surface area contributed by atoms with Crippen LogP contribution in [-0.2, 0) is 9.53 Å². The molecule has 0 radical (unpaired) electrons. The molecule has 2 heteroatoms. The number of rotatable bonds is 0. The summed E-state index contributed by atoms with van der Waals surface area (Å²) in [6.45, 7) is 0.696. The predicted octanol–water partition coefficient (Wildman–Crippen LogP) is 2.38. The third-order valence-corrected chi connectivity index (χ3v) is 5.56. The average molecular weight is 206 g/mol. The summed E-state index contributed by atoms with van der Waals surface area (Å²) in [7, 11) is 0. The number of ether oxygens (including phenoxy) is 1. The molecular formula is C13H18O2. The number of carbonyl (C=O) groups excluding carboxylic acids is 1. The van der Waals surface area contributed by atoms with Gasteiger partial charge in [-0.25, -0.2) is 0 Å². The molecule has 82 valence electrons. The Hall–Kier alpha value is -0.530. The Morgan fingerprint density at radius 1 is 1.13 bits per heavy atom. The number of carbonyl (C=O) groups is 1. The Morgan fingerprint density at radius 3 is 2.60 bits per heavy atom. The molecule has 0 aromatic heterocycles. The maximum Gasteiger partial charge on any atom is 0.309 e. The first-order chi connectivity index (χ1) is 7.27. The largest absolute Gasteiger partial charge is 0.465 e. The summed E-state index contributed by atoms with van der Waals surface area (Å²) in [5, 5.41) is 0. The van der Waals surface area contributed by atoms with Crippen molar-refractivity contribution >= 4 is 5.97 Å². The molecule has 4 saturated carbocycles. The van der Waals surface area contributed by atoms with Crippen molar-refractivity contribution in [2.45, 2.75) is 38.5 Å². The van der Waals surface area contributed by atoms with Gasteiger partial charge in [-0.2, -0.15) is 0 Å². The lowest BCUT2D eigenvalue weighted by Crippen LogP contribution is -2.58. The van der Waals surface area contributed by atoms with Gasteiger partial charge in [0.25, 0.3) is 0 Å². The molecule has 4 aliphatic carbocycles. The van der Waals surface area contributed by atoms with Crippen molar-refractivity contribution in [1.29, 1.82) is 0 Å². The molecule has 1 saturated heterocycles. The molecule has 0 amide bonds. The Morgan fingerprint density at radius 2 is 1.87 bits per heavy atom. The normalized spacial score (nSPS) is 56.4. The molecule has 3 unspecified atom stereocenters. The molecule has 5 aliphatic rings. The van der Waals surface area contributed by atoms with Gasteiger partial charge in [0.15, 0.2) is 0 Å². The highest BCUT2D eigenvalue weighted by atomic mass is 16.5. The van der Waals surface area contributed by atoms with E-state index in [1.165, 1.54) is 32.1 Å². The molecule has 4 bridgehead atoms. The number of esters is 1. The Kier molecular flexibility index (Phi) is 1.48. The zero-order chi connectivity index (χ0) is 10.0. The third-order valence-electron chi connectivity index (χ3n) is 5.56. The highest BCUT2D eigenvalue weighted by Crippen LogP contribution is 2.65. The quantitative estimate of drug-likeness (QED) is 0.569. The summed E-state index contributed by atoms with van der Waals surface area (Å²) < 4.78 is 5.29. The molecule has 0 aromatic rings. The monoisotopic (exact) mass is 206 g/mol. The molecule has 1 aliphatic heterocycles. The van der Waals surface area contributed by atoms with E-state index in [1.54, 1.807) is 0 Å². The zero-order valence-corrected chi connectivity index (χ0v) is 9.08. The lowest BCUT2D eigenvalue weighted by atomic mass is 9.44. The molecule has 2 nitrogen and oxygen atoms in total. The van der Waals surface area contributed by atoms with Crippen LogP contribution in [0.2, 0.25) is 0 Å². The third kappa shape index (κ3) is 0.982. The van der Waals surface area contributed by atoms with Gasteiger partial charge < -0.3 is 4.74 Å². The summed E-state index contributed by atoms with van der Waals surface area (Å²) in [5.41, 5.74) is 0.393. The molecule has 3 atom stereocenters. The fraction of sp³-hybridized carbons (Fsp3) is 0.923. The number of cyclic esters (lactones) is 1. The van der Waals surface area contributed by atoms with Crippen molar-refractivity contribution in [2.24, 2.45) is 29.1 Å². The first kappa shape index (κ1) is 8.60. The van der Waals surface area contributed by atoms with Crippen LogP contribution in [0.3, 0.4) is 0 Å². The van der Waals surface area contributed by atoms with Gasteiger partial charge in [-0.05, 0) is 61.7 Å². The smallest absolute Gasteiger partial charge is 0.309 e. The summed E-state index contributed by atoms with van der Waals surface area (Å²) in [6.07, 6.45) is 7.92. The molecule has 15 heavy (non-hydrogen) atoms. The Labute approximate surface area is 90.4 Å². The molecule has 1 spiro atoms. The lowest BCUT2D eigenvalue weighted by Gasteiger charge is -2.61. The van der Waals surface area contributed by atoms with Crippen LogP contribution in [0.5, 0.6) is 0 Å².